The second-order valence-corrected chi connectivity index (χ2v) is 5.88. The molecule has 0 bridgehead atoms. The highest BCUT2D eigenvalue weighted by Crippen LogP contribution is 2.32. The first kappa shape index (κ1) is 14.7. The van der Waals surface area contributed by atoms with Gasteiger partial charge in [0.05, 0.1) is 27.5 Å². The third-order valence-corrected chi connectivity index (χ3v) is 4.37. The number of aromatic nitrogens is 2. The number of nitrogens with zero attached hydrogens (tertiary/aromatic N) is 3. The summed E-state index contributed by atoms with van der Waals surface area (Å²) < 4.78 is 1.84. The Hall–Kier alpha value is -2.92. The summed E-state index contributed by atoms with van der Waals surface area (Å²) in [6, 6.07) is 11.9. The van der Waals surface area contributed by atoms with E-state index >= 15 is 0 Å². The number of halogens is 1. The minimum atomic E-state index is -0.335. The first-order valence-corrected chi connectivity index (χ1v) is 7.73. The molecule has 4 rings (SSSR count). The Morgan fingerprint density at radius 3 is 2.21 bits per heavy atom. The fourth-order valence-electron chi connectivity index (χ4n) is 2.89. The molecule has 1 aliphatic heterocycles. The van der Waals surface area contributed by atoms with Gasteiger partial charge < -0.3 is 4.57 Å². The molecule has 3 aromatic rings. The minimum Gasteiger partial charge on any atom is -0.302 e. The maximum absolute atomic E-state index is 12.5. The molecule has 0 spiro atoms. The van der Waals surface area contributed by atoms with Crippen LogP contribution in [0.3, 0.4) is 0 Å². The average Bonchev–Trinajstić information content (AvgIpc) is 3.10. The van der Waals surface area contributed by atoms with Gasteiger partial charge in [-0.05, 0) is 37.3 Å². The monoisotopic (exact) mass is 337 g/mol. The zero-order chi connectivity index (χ0) is 16.8. The predicted octanol–water partition coefficient (Wildman–Crippen LogP) is 3.63. The molecule has 5 nitrogen and oxygen atoms in total. The summed E-state index contributed by atoms with van der Waals surface area (Å²) in [5.41, 5.74) is 2.01. The third-order valence-electron chi connectivity index (χ3n) is 4.07. The number of carbonyl (C=O) groups is 2. The van der Waals surface area contributed by atoms with Crippen LogP contribution in [0.1, 0.15) is 26.5 Å². The van der Waals surface area contributed by atoms with Crippen LogP contribution in [-0.4, -0.2) is 21.4 Å². The van der Waals surface area contributed by atoms with Crippen molar-refractivity contribution in [1.82, 2.24) is 9.55 Å². The third kappa shape index (κ3) is 2.06. The van der Waals surface area contributed by atoms with Crippen LogP contribution in [0, 0.1) is 6.92 Å². The molecule has 0 saturated heterocycles. The van der Waals surface area contributed by atoms with E-state index in [0.29, 0.717) is 21.8 Å². The standard InChI is InChI=1S/C18H12ClN3O2/c1-11-20-8-9-21(11)16-7-6-12(10-15(16)19)22-17(23)13-4-2-3-5-14(13)18(22)24/h2-10H,1H3. The van der Waals surface area contributed by atoms with E-state index in [1.807, 2.05) is 11.5 Å². The number of anilines is 1. The van der Waals surface area contributed by atoms with Crippen molar-refractivity contribution < 1.29 is 9.59 Å². The molecule has 2 amide bonds. The molecule has 2 aromatic carbocycles. The molecular weight excluding hydrogens is 326 g/mol. The second kappa shape index (κ2) is 5.32. The fourth-order valence-corrected chi connectivity index (χ4v) is 3.15. The predicted molar refractivity (Wildman–Crippen MR) is 90.9 cm³/mol. The maximum atomic E-state index is 12.5. The molecule has 1 aliphatic rings. The Morgan fingerprint density at radius 2 is 1.67 bits per heavy atom. The first-order valence-electron chi connectivity index (χ1n) is 7.35. The second-order valence-electron chi connectivity index (χ2n) is 5.47. The van der Waals surface area contributed by atoms with Gasteiger partial charge >= 0.3 is 0 Å². The van der Waals surface area contributed by atoms with Crippen LogP contribution in [0.5, 0.6) is 0 Å². The van der Waals surface area contributed by atoms with E-state index in [1.165, 1.54) is 0 Å². The van der Waals surface area contributed by atoms with Crippen LogP contribution < -0.4 is 4.90 Å². The molecule has 0 N–H and O–H groups in total. The lowest BCUT2D eigenvalue weighted by Gasteiger charge is -2.16. The van der Waals surface area contributed by atoms with Crippen molar-refractivity contribution in [3.05, 3.63) is 76.8 Å². The number of rotatable bonds is 2. The van der Waals surface area contributed by atoms with Crippen molar-refractivity contribution in [3.8, 4) is 5.69 Å². The van der Waals surface area contributed by atoms with Crippen LogP contribution in [0.2, 0.25) is 5.02 Å². The van der Waals surface area contributed by atoms with Gasteiger partial charge in [0.1, 0.15) is 5.82 Å². The lowest BCUT2D eigenvalue weighted by atomic mass is 10.1. The summed E-state index contributed by atoms with van der Waals surface area (Å²) in [5, 5.41) is 0.435. The van der Waals surface area contributed by atoms with Gasteiger partial charge in [-0.25, -0.2) is 9.88 Å². The molecule has 0 fully saturated rings. The van der Waals surface area contributed by atoms with Crippen LogP contribution in [0.4, 0.5) is 5.69 Å². The van der Waals surface area contributed by atoms with Gasteiger partial charge in [0.15, 0.2) is 0 Å². The summed E-state index contributed by atoms with van der Waals surface area (Å²) in [4.78, 5) is 30.4. The molecule has 118 valence electrons. The van der Waals surface area contributed by atoms with Crippen molar-refractivity contribution >= 4 is 29.1 Å². The summed E-state index contributed by atoms with van der Waals surface area (Å²) in [6.45, 7) is 1.87. The lowest BCUT2D eigenvalue weighted by Crippen LogP contribution is -2.29. The van der Waals surface area contributed by atoms with Crippen molar-refractivity contribution in [2.24, 2.45) is 0 Å². The number of carbonyl (C=O) groups excluding carboxylic acids is 2. The molecule has 0 aliphatic carbocycles. The van der Waals surface area contributed by atoms with Gasteiger partial charge in [-0.15, -0.1) is 0 Å². The molecule has 24 heavy (non-hydrogen) atoms. The molecule has 2 heterocycles. The van der Waals surface area contributed by atoms with E-state index < -0.39 is 0 Å². The van der Waals surface area contributed by atoms with Crippen LogP contribution in [0.15, 0.2) is 54.9 Å². The highest BCUT2D eigenvalue weighted by atomic mass is 35.5. The van der Waals surface area contributed by atoms with Gasteiger partial charge in [0.2, 0.25) is 0 Å². The van der Waals surface area contributed by atoms with E-state index in [2.05, 4.69) is 4.98 Å². The maximum Gasteiger partial charge on any atom is 0.266 e. The van der Waals surface area contributed by atoms with Gasteiger partial charge in [-0.2, -0.15) is 0 Å². The Balaban J connectivity index is 1.77. The van der Waals surface area contributed by atoms with Gasteiger partial charge in [-0.1, -0.05) is 23.7 Å². The Morgan fingerprint density at radius 1 is 1.00 bits per heavy atom. The summed E-state index contributed by atoms with van der Waals surface area (Å²) in [6.07, 6.45) is 3.49. The van der Waals surface area contributed by atoms with Gasteiger partial charge in [-0.3, -0.25) is 9.59 Å². The largest absolute Gasteiger partial charge is 0.302 e. The number of amides is 2. The summed E-state index contributed by atoms with van der Waals surface area (Å²) in [7, 11) is 0. The van der Waals surface area contributed by atoms with Crippen molar-refractivity contribution in [3.63, 3.8) is 0 Å². The number of fused-ring (bicyclic) bond motifs is 1. The Bertz CT molecular complexity index is 958. The van der Waals surface area contributed by atoms with E-state index in [-0.39, 0.29) is 11.8 Å². The van der Waals surface area contributed by atoms with Crippen molar-refractivity contribution in [1.29, 1.82) is 0 Å². The zero-order valence-corrected chi connectivity index (χ0v) is 13.5. The number of aryl methyl sites for hydroxylation is 1. The molecule has 0 radical (unpaired) electrons. The molecule has 0 saturated carbocycles. The summed E-state index contributed by atoms with van der Waals surface area (Å²) in [5.74, 6) is 0.127. The first-order chi connectivity index (χ1) is 11.6. The number of benzene rings is 2. The Labute approximate surface area is 143 Å². The van der Waals surface area contributed by atoms with Crippen LogP contribution in [0.25, 0.3) is 5.69 Å². The highest BCUT2D eigenvalue weighted by Gasteiger charge is 2.36. The number of hydrogen-bond acceptors (Lipinski definition) is 3. The van der Waals surface area contributed by atoms with Crippen LogP contribution >= 0.6 is 11.6 Å². The fraction of sp³-hybridized carbons (Fsp3) is 0.0556. The van der Waals surface area contributed by atoms with E-state index in [1.54, 1.807) is 54.9 Å². The Kier molecular flexibility index (Phi) is 3.25. The lowest BCUT2D eigenvalue weighted by molar-refractivity contribution is 0.0926. The van der Waals surface area contributed by atoms with E-state index in [9.17, 15) is 9.59 Å². The zero-order valence-electron chi connectivity index (χ0n) is 12.7. The quantitative estimate of drug-likeness (QED) is 0.671. The number of hydrogen-bond donors (Lipinski definition) is 0. The smallest absolute Gasteiger partial charge is 0.266 e. The highest BCUT2D eigenvalue weighted by molar-refractivity contribution is 6.36. The van der Waals surface area contributed by atoms with Gasteiger partial charge in [0.25, 0.3) is 11.8 Å². The SMILES string of the molecule is Cc1nccn1-c1ccc(N2C(=O)c3ccccc3C2=O)cc1Cl. The number of imide groups is 1. The molecule has 0 atom stereocenters. The normalized spacial score (nSPS) is 13.5. The van der Waals surface area contributed by atoms with E-state index in [0.717, 1.165) is 16.4 Å². The molecule has 6 heteroatoms. The van der Waals surface area contributed by atoms with Crippen LogP contribution in [-0.2, 0) is 0 Å². The van der Waals surface area contributed by atoms with E-state index in [4.69, 9.17) is 11.6 Å². The van der Waals surface area contributed by atoms with Gasteiger partial charge in [0, 0.05) is 12.4 Å². The summed E-state index contributed by atoms with van der Waals surface area (Å²) >= 11 is 6.38. The number of imidazole rings is 1. The molecule has 1 aromatic heterocycles. The molecule has 0 unspecified atom stereocenters. The average molecular weight is 338 g/mol. The topological polar surface area (TPSA) is 55.2 Å². The van der Waals surface area contributed by atoms with Crippen molar-refractivity contribution in [2.45, 2.75) is 6.92 Å². The molecular formula is C18H12ClN3O2. The van der Waals surface area contributed by atoms with Crippen molar-refractivity contribution in [2.75, 3.05) is 4.90 Å². The minimum absolute atomic E-state index is 0.335.